The molecule has 20 heavy (non-hydrogen) atoms. The molecule has 1 rings (SSSR count). The fourth-order valence-corrected chi connectivity index (χ4v) is 2.74. The van der Waals surface area contributed by atoms with Gasteiger partial charge in [-0.1, -0.05) is 39.3 Å². The van der Waals surface area contributed by atoms with Crippen LogP contribution >= 0.6 is 27.5 Å². The normalized spacial score (nSPS) is 11.2. The highest BCUT2D eigenvalue weighted by molar-refractivity contribution is 9.10. The van der Waals surface area contributed by atoms with Crippen molar-refractivity contribution < 1.29 is 4.79 Å². The van der Waals surface area contributed by atoms with Crippen molar-refractivity contribution >= 4 is 33.4 Å². The zero-order valence-electron chi connectivity index (χ0n) is 12.6. The SMILES string of the molecule is CCC(CC)N(CC(C)C)C(=O)c1ccc(Br)c(Cl)c1. The molecule has 0 aromatic heterocycles. The molecule has 0 N–H and O–H groups in total. The lowest BCUT2D eigenvalue weighted by atomic mass is 10.1. The lowest BCUT2D eigenvalue weighted by Crippen LogP contribution is -2.42. The average molecular weight is 361 g/mol. The number of carbonyl (C=O) groups excluding carboxylic acids is 1. The zero-order valence-corrected chi connectivity index (χ0v) is 15.0. The summed E-state index contributed by atoms with van der Waals surface area (Å²) in [4.78, 5) is 14.7. The van der Waals surface area contributed by atoms with Gasteiger partial charge in [0, 0.05) is 22.6 Å². The van der Waals surface area contributed by atoms with E-state index >= 15 is 0 Å². The van der Waals surface area contributed by atoms with Gasteiger partial charge < -0.3 is 4.90 Å². The molecule has 4 heteroatoms. The van der Waals surface area contributed by atoms with Crippen LogP contribution in [0.2, 0.25) is 5.02 Å². The van der Waals surface area contributed by atoms with Crippen LogP contribution in [0, 0.1) is 5.92 Å². The second-order valence-electron chi connectivity index (χ2n) is 5.45. The highest BCUT2D eigenvalue weighted by Gasteiger charge is 2.23. The van der Waals surface area contributed by atoms with E-state index in [9.17, 15) is 4.79 Å². The summed E-state index contributed by atoms with van der Waals surface area (Å²) in [5, 5.41) is 0.574. The quantitative estimate of drug-likeness (QED) is 0.666. The van der Waals surface area contributed by atoms with Crippen LogP contribution in [0.15, 0.2) is 22.7 Å². The Bertz CT molecular complexity index is 458. The summed E-state index contributed by atoms with van der Waals surface area (Å²) < 4.78 is 0.814. The third-order valence-electron chi connectivity index (χ3n) is 3.37. The largest absolute Gasteiger partial charge is 0.335 e. The summed E-state index contributed by atoms with van der Waals surface area (Å²) in [6.07, 6.45) is 1.94. The van der Waals surface area contributed by atoms with Gasteiger partial charge in [-0.05, 0) is 52.9 Å². The van der Waals surface area contributed by atoms with Crippen molar-refractivity contribution in [3.63, 3.8) is 0 Å². The molecule has 0 aliphatic heterocycles. The standard InChI is InChI=1S/C16H23BrClNO/c1-5-13(6-2)19(10-11(3)4)16(20)12-7-8-14(17)15(18)9-12/h7-9,11,13H,5-6,10H2,1-4H3. The molecule has 1 aromatic rings. The Morgan fingerprint density at radius 1 is 1.30 bits per heavy atom. The van der Waals surface area contributed by atoms with E-state index < -0.39 is 0 Å². The van der Waals surface area contributed by atoms with Crippen molar-refractivity contribution in [1.82, 2.24) is 4.90 Å². The van der Waals surface area contributed by atoms with Gasteiger partial charge in [0.25, 0.3) is 5.91 Å². The van der Waals surface area contributed by atoms with Gasteiger partial charge >= 0.3 is 0 Å². The van der Waals surface area contributed by atoms with Crippen LogP contribution in [0.25, 0.3) is 0 Å². The number of amides is 1. The minimum atomic E-state index is 0.0711. The third-order valence-corrected chi connectivity index (χ3v) is 4.61. The maximum atomic E-state index is 12.8. The molecule has 0 atom stereocenters. The molecular weight excluding hydrogens is 338 g/mol. The van der Waals surface area contributed by atoms with Crippen molar-refractivity contribution in [2.45, 2.75) is 46.6 Å². The molecule has 0 saturated heterocycles. The van der Waals surface area contributed by atoms with Crippen molar-refractivity contribution in [3.8, 4) is 0 Å². The van der Waals surface area contributed by atoms with Crippen molar-refractivity contribution in [2.24, 2.45) is 5.92 Å². The summed E-state index contributed by atoms with van der Waals surface area (Å²) in [5.74, 6) is 0.521. The van der Waals surface area contributed by atoms with Gasteiger partial charge in [0.1, 0.15) is 0 Å². The Balaban J connectivity index is 3.05. The summed E-state index contributed by atoms with van der Waals surface area (Å²) >= 11 is 9.45. The highest BCUT2D eigenvalue weighted by Crippen LogP contribution is 2.25. The predicted molar refractivity (Wildman–Crippen MR) is 89.4 cm³/mol. The molecule has 0 unspecified atom stereocenters. The van der Waals surface area contributed by atoms with E-state index in [2.05, 4.69) is 43.6 Å². The van der Waals surface area contributed by atoms with Gasteiger partial charge in [-0.25, -0.2) is 0 Å². The van der Waals surface area contributed by atoms with Crippen LogP contribution in [0.3, 0.4) is 0 Å². The van der Waals surface area contributed by atoms with Crippen molar-refractivity contribution in [3.05, 3.63) is 33.3 Å². The number of hydrogen-bond acceptors (Lipinski definition) is 1. The van der Waals surface area contributed by atoms with Gasteiger partial charge in [-0.2, -0.15) is 0 Å². The fraction of sp³-hybridized carbons (Fsp3) is 0.562. The second-order valence-corrected chi connectivity index (χ2v) is 6.71. The lowest BCUT2D eigenvalue weighted by Gasteiger charge is -2.32. The monoisotopic (exact) mass is 359 g/mol. The molecule has 0 aliphatic carbocycles. The highest BCUT2D eigenvalue weighted by atomic mass is 79.9. The Labute approximate surface area is 135 Å². The number of nitrogens with zero attached hydrogens (tertiary/aromatic N) is 1. The maximum Gasteiger partial charge on any atom is 0.254 e. The number of carbonyl (C=O) groups is 1. The smallest absolute Gasteiger partial charge is 0.254 e. The molecule has 112 valence electrons. The number of benzene rings is 1. The third kappa shape index (κ3) is 4.49. The molecule has 0 spiro atoms. The van der Waals surface area contributed by atoms with E-state index in [1.54, 1.807) is 6.07 Å². The molecule has 1 aromatic carbocycles. The summed E-state index contributed by atoms with van der Waals surface area (Å²) in [6.45, 7) is 9.31. The van der Waals surface area contributed by atoms with Gasteiger partial charge in [0.15, 0.2) is 0 Å². The van der Waals surface area contributed by atoms with Crippen LogP contribution < -0.4 is 0 Å². The summed E-state index contributed by atoms with van der Waals surface area (Å²) in [5.41, 5.74) is 0.658. The van der Waals surface area contributed by atoms with Crippen molar-refractivity contribution in [1.29, 1.82) is 0 Å². The first-order valence-electron chi connectivity index (χ1n) is 7.16. The molecule has 1 amide bonds. The molecule has 2 nitrogen and oxygen atoms in total. The van der Waals surface area contributed by atoms with Crippen LogP contribution in [0.1, 0.15) is 50.9 Å². The lowest BCUT2D eigenvalue weighted by molar-refractivity contribution is 0.0640. The predicted octanol–water partition coefficient (Wildman–Crippen LogP) is 5.39. The molecule has 0 aliphatic rings. The Hall–Kier alpha value is -0.540. The minimum absolute atomic E-state index is 0.0711. The van der Waals surface area contributed by atoms with Crippen LogP contribution in [0.5, 0.6) is 0 Å². The van der Waals surface area contributed by atoms with Gasteiger partial charge in [-0.3, -0.25) is 4.79 Å². The Morgan fingerprint density at radius 2 is 1.90 bits per heavy atom. The summed E-state index contributed by atoms with van der Waals surface area (Å²) in [6, 6.07) is 5.68. The van der Waals surface area contributed by atoms with Gasteiger partial charge in [0.05, 0.1) is 5.02 Å². The maximum absolute atomic E-state index is 12.8. The van der Waals surface area contributed by atoms with E-state index in [-0.39, 0.29) is 11.9 Å². The number of hydrogen-bond donors (Lipinski definition) is 0. The molecule has 0 bridgehead atoms. The van der Waals surface area contributed by atoms with Gasteiger partial charge in [0.2, 0.25) is 0 Å². The first-order chi connectivity index (χ1) is 9.40. The number of rotatable bonds is 6. The van der Waals surface area contributed by atoms with E-state index in [1.165, 1.54) is 0 Å². The molecule has 0 saturated carbocycles. The Morgan fingerprint density at radius 3 is 2.35 bits per heavy atom. The first-order valence-corrected chi connectivity index (χ1v) is 8.33. The molecular formula is C16H23BrClNO. The minimum Gasteiger partial charge on any atom is -0.335 e. The fourth-order valence-electron chi connectivity index (χ4n) is 2.32. The topological polar surface area (TPSA) is 20.3 Å². The second kappa shape index (κ2) is 8.04. The van der Waals surface area contributed by atoms with Gasteiger partial charge in [-0.15, -0.1) is 0 Å². The average Bonchev–Trinajstić information content (AvgIpc) is 2.41. The molecule has 0 heterocycles. The van der Waals surface area contributed by atoms with E-state index in [0.29, 0.717) is 16.5 Å². The van der Waals surface area contributed by atoms with Crippen molar-refractivity contribution in [2.75, 3.05) is 6.54 Å². The zero-order chi connectivity index (χ0) is 15.3. The van der Waals surface area contributed by atoms with E-state index in [1.807, 2.05) is 17.0 Å². The molecule has 0 fully saturated rings. The van der Waals surface area contributed by atoms with E-state index in [0.717, 1.165) is 23.9 Å². The summed E-state index contributed by atoms with van der Waals surface area (Å²) in [7, 11) is 0. The molecule has 0 radical (unpaired) electrons. The van der Waals surface area contributed by atoms with Crippen LogP contribution in [0.4, 0.5) is 0 Å². The number of halogens is 2. The van der Waals surface area contributed by atoms with E-state index in [4.69, 9.17) is 11.6 Å². The van der Waals surface area contributed by atoms with Crippen LogP contribution in [-0.2, 0) is 0 Å². The van der Waals surface area contributed by atoms with Crippen LogP contribution in [-0.4, -0.2) is 23.4 Å². The Kier molecular flexibility index (Phi) is 7.04. The first kappa shape index (κ1) is 17.5.